The number of halogens is 2. The Kier molecular flexibility index (Phi) is 9.24. The zero-order valence-corrected chi connectivity index (χ0v) is 13.4. The zero-order chi connectivity index (χ0) is 15.5. The van der Waals surface area contributed by atoms with Crippen LogP contribution in [0.5, 0.6) is 0 Å². The Morgan fingerprint density at radius 1 is 0.952 bits per heavy atom. The summed E-state index contributed by atoms with van der Waals surface area (Å²) in [5.41, 5.74) is 0.412. The summed E-state index contributed by atoms with van der Waals surface area (Å²) in [5, 5.41) is 3.27. The molecule has 0 radical (unpaired) electrons. The molecule has 1 unspecified atom stereocenters. The molecule has 0 spiro atoms. The molecule has 1 nitrogen and oxygen atoms in total. The highest BCUT2D eigenvalue weighted by Gasteiger charge is 2.10. The third kappa shape index (κ3) is 7.56. The standard InChI is InChI=1S/C18H29F2N/c1-3-4-5-6-7-8-9-10-13-21-15(2)17-14-16(19)11-12-18(17)20/h11-12,14-15,21H,3-10,13H2,1-2H3. The van der Waals surface area contributed by atoms with E-state index < -0.39 is 0 Å². The third-order valence-electron chi connectivity index (χ3n) is 3.91. The second-order valence-corrected chi connectivity index (χ2v) is 5.82. The summed E-state index contributed by atoms with van der Waals surface area (Å²) in [5.74, 6) is -0.723. The average molecular weight is 297 g/mol. The smallest absolute Gasteiger partial charge is 0.128 e. The molecule has 0 fully saturated rings. The van der Waals surface area contributed by atoms with E-state index in [0.717, 1.165) is 19.0 Å². The Bertz CT molecular complexity index is 393. The third-order valence-corrected chi connectivity index (χ3v) is 3.91. The first-order chi connectivity index (χ1) is 10.1. The number of unbranched alkanes of at least 4 members (excludes halogenated alkanes) is 7. The summed E-state index contributed by atoms with van der Waals surface area (Å²) >= 11 is 0. The minimum absolute atomic E-state index is 0.148. The van der Waals surface area contributed by atoms with Gasteiger partial charge in [0.2, 0.25) is 0 Å². The van der Waals surface area contributed by atoms with E-state index >= 15 is 0 Å². The van der Waals surface area contributed by atoms with Crippen LogP contribution >= 0.6 is 0 Å². The van der Waals surface area contributed by atoms with Crippen LogP contribution in [-0.2, 0) is 0 Å². The van der Waals surface area contributed by atoms with Gasteiger partial charge in [-0.25, -0.2) is 8.78 Å². The van der Waals surface area contributed by atoms with Crippen molar-refractivity contribution in [1.82, 2.24) is 5.32 Å². The van der Waals surface area contributed by atoms with Crippen LogP contribution in [0.1, 0.15) is 76.8 Å². The molecule has 21 heavy (non-hydrogen) atoms. The van der Waals surface area contributed by atoms with Crippen LogP contribution in [0.3, 0.4) is 0 Å². The minimum Gasteiger partial charge on any atom is -0.310 e. The molecule has 3 heteroatoms. The topological polar surface area (TPSA) is 12.0 Å². The number of hydrogen-bond donors (Lipinski definition) is 1. The fourth-order valence-corrected chi connectivity index (χ4v) is 2.53. The van der Waals surface area contributed by atoms with Crippen molar-refractivity contribution in [2.75, 3.05) is 6.54 Å². The van der Waals surface area contributed by atoms with Crippen molar-refractivity contribution in [3.63, 3.8) is 0 Å². The van der Waals surface area contributed by atoms with Crippen LogP contribution in [0.2, 0.25) is 0 Å². The van der Waals surface area contributed by atoms with Crippen LogP contribution in [0.25, 0.3) is 0 Å². The van der Waals surface area contributed by atoms with E-state index in [1.165, 1.54) is 57.1 Å². The molecule has 1 aromatic carbocycles. The molecule has 1 rings (SSSR count). The molecule has 1 N–H and O–H groups in total. The van der Waals surface area contributed by atoms with E-state index in [1.54, 1.807) is 0 Å². The number of hydrogen-bond acceptors (Lipinski definition) is 1. The molecule has 0 bridgehead atoms. The normalized spacial score (nSPS) is 12.6. The first kappa shape index (κ1) is 18.1. The maximum Gasteiger partial charge on any atom is 0.128 e. The van der Waals surface area contributed by atoms with Gasteiger partial charge in [0.1, 0.15) is 11.6 Å². The molecule has 0 aromatic heterocycles. The molecule has 1 atom stereocenters. The molecule has 0 saturated heterocycles. The maximum absolute atomic E-state index is 13.6. The molecular formula is C18H29F2N. The number of benzene rings is 1. The fraction of sp³-hybridized carbons (Fsp3) is 0.667. The Labute approximate surface area is 128 Å². The van der Waals surface area contributed by atoms with Crippen molar-refractivity contribution >= 4 is 0 Å². The quantitative estimate of drug-likeness (QED) is 0.512. The first-order valence-corrected chi connectivity index (χ1v) is 8.33. The van der Waals surface area contributed by atoms with Crippen LogP contribution in [0, 0.1) is 11.6 Å². The van der Waals surface area contributed by atoms with E-state index in [-0.39, 0.29) is 17.7 Å². The lowest BCUT2D eigenvalue weighted by Gasteiger charge is -2.15. The second-order valence-electron chi connectivity index (χ2n) is 5.82. The van der Waals surface area contributed by atoms with Gasteiger partial charge in [-0.2, -0.15) is 0 Å². The lowest BCUT2D eigenvalue weighted by Crippen LogP contribution is -2.21. The maximum atomic E-state index is 13.6. The molecule has 0 heterocycles. The zero-order valence-electron chi connectivity index (χ0n) is 13.4. The highest BCUT2D eigenvalue weighted by Crippen LogP contribution is 2.18. The molecule has 0 saturated carbocycles. The Morgan fingerprint density at radius 2 is 1.57 bits per heavy atom. The first-order valence-electron chi connectivity index (χ1n) is 8.33. The van der Waals surface area contributed by atoms with Crippen molar-refractivity contribution in [3.8, 4) is 0 Å². The summed E-state index contributed by atoms with van der Waals surface area (Å²) in [6.07, 6.45) is 10.2. The summed E-state index contributed by atoms with van der Waals surface area (Å²) in [6, 6.07) is 3.48. The van der Waals surface area contributed by atoms with Gasteiger partial charge < -0.3 is 5.32 Å². The van der Waals surface area contributed by atoms with Crippen LogP contribution in [0.4, 0.5) is 8.78 Å². The highest BCUT2D eigenvalue weighted by atomic mass is 19.1. The molecule has 0 aliphatic heterocycles. The SMILES string of the molecule is CCCCCCCCCCNC(C)c1cc(F)ccc1F. The van der Waals surface area contributed by atoms with Gasteiger partial charge in [-0.1, -0.05) is 51.9 Å². The van der Waals surface area contributed by atoms with Crippen molar-refractivity contribution in [3.05, 3.63) is 35.4 Å². The Balaban J connectivity index is 2.11. The van der Waals surface area contributed by atoms with E-state index in [0.29, 0.717) is 5.56 Å². The number of rotatable bonds is 11. The van der Waals surface area contributed by atoms with E-state index in [4.69, 9.17) is 0 Å². The van der Waals surface area contributed by atoms with Crippen LogP contribution in [0.15, 0.2) is 18.2 Å². The van der Waals surface area contributed by atoms with Gasteiger partial charge in [-0.05, 0) is 38.1 Å². The highest BCUT2D eigenvalue weighted by molar-refractivity contribution is 5.21. The van der Waals surface area contributed by atoms with Gasteiger partial charge in [0, 0.05) is 11.6 Å². The summed E-state index contributed by atoms with van der Waals surface area (Å²) in [4.78, 5) is 0. The monoisotopic (exact) mass is 297 g/mol. The molecule has 0 aliphatic carbocycles. The van der Waals surface area contributed by atoms with E-state index in [1.807, 2.05) is 6.92 Å². The Morgan fingerprint density at radius 3 is 2.24 bits per heavy atom. The predicted octanol–water partition coefficient (Wildman–Crippen LogP) is 5.76. The predicted molar refractivity (Wildman–Crippen MR) is 85.4 cm³/mol. The second kappa shape index (κ2) is 10.7. The largest absolute Gasteiger partial charge is 0.310 e. The molecule has 0 amide bonds. The van der Waals surface area contributed by atoms with Gasteiger partial charge in [-0.3, -0.25) is 0 Å². The number of nitrogens with one attached hydrogen (secondary N) is 1. The molecular weight excluding hydrogens is 268 g/mol. The van der Waals surface area contributed by atoms with Gasteiger partial charge in [0.25, 0.3) is 0 Å². The summed E-state index contributed by atoms with van der Waals surface area (Å²) in [7, 11) is 0. The van der Waals surface area contributed by atoms with E-state index in [9.17, 15) is 8.78 Å². The van der Waals surface area contributed by atoms with Crippen molar-refractivity contribution < 1.29 is 8.78 Å². The summed E-state index contributed by atoms with van der Waals surface area (Å²) < 4.78 is 26.7. The van der Waals surface area contributed by atoms with Gasteiger partial charge in [0.15, 0.2) is 0 Å². The van der Waals surface area contributed by atoms with Crippen LogP contribution < -0.4 is 5.32 Å². The lowest BCUT2D eigenvalue weighted by atomic mass is 10.1. The average Bonchev–Trinajstić information content (AvgIpc) is 2.48. The minimum atomic E-state index is -0.382. The van der Waals surface area contributed by atoms with Gasteiger partial charge in [-0.15, -0.1) is 0 Å². The van der Waals surface area contributed by atoms with Crippen molar-refractivity contribution in [2.45, 2.75) is 71.3 Å². The fourth-order valence-electron chi connectivity index (χ4n) is 2.53. The Hall–Kier alpha value is -0.960. The molecule has 0 aliphatic rings. The lowest BCUT2D eigenvalue weighted by molar-refractivity contribution is 0.497. The summed E-state index contributed by atoms with van der Waals surface area (Å²) in [6.45, 7) is 4.96. The molecule has 1 aromatic rings. The van der Waals surface area contributed by atoms with Crippen LogP contribution in [-0.4, -0.2) is 6.54 Å². The van der Waals surface area contributed by atoms with Gasteiger partial charge >= 0.3 is 0 Å². The van der Waals surface area contributed by atoms with Crippen molar-refractivity contribution in [1.29, 1.82) is 0 Å². The van der Waals surface area contributed by atoms with E-state index in [2.05, 4.69) is 12.2 Å². The molecule has 120 valence electrons. The van der Waals surface area contributed by atoms with Crippen molar-refractivity contribution in [2.24, 2.45) is 0 Å². The van der Waals surface area contributed by atoms with Gasteiger partial charge in [0.05, 0.1) is 0 Å².